The third-order valence-corrected chi connectivity index (χ3v) is 4.91. The first-order valence-electron chi connectivity index (χ1n) is 7.80. The summed E-state index contributed by atoms with van der Waals surface area (Å²) < 4.78 is 0. The lowest BCUT2D eigenvalue weighted by Crippen LogP contribution is -2.61. The third kappa shape index (κ3) is 3.24. The van der Waals surface area contributed by atoms with Crippen LogP contribution >= 0.6 is 0 Å². The maximum absolute atomic E-state index is 6.19. The van der Waals surface area contributed by atoms with Crippen LogP contribution in [0.2, 0.25) is 0 Å². The molecule has 0 spiro atoms. The minimum Gasteiger partial charge on any atom is -0.328 e. The molecule has 1 atom stereocenters. The smallest absolute Gasteiger partial charge is 0.0244 e. The molecule has 0 amide bonds. The molecular weight excluding hydrogens is 244 g/mol. The van der Waals surface area contributed by atoms with Crippen molar-refractivity contribution < 1.29 is 0 Å². The van der Waals surface area contributed by atoms with Crippen LogP contribution in [-0.4, -0.2) is 22.0 Å². The number of likely N-dealkylation sites (tertiary alicyclic amines) is 1. The van der Waals surface area contributed by atoms with Gasteiger partial charge in [-0.3, -0.25) is 4.90 Å². The summed E-state index contributed by atoms with van der Waals surface area (Å²) >= 11 is 0. The fourth-order valence-corrected chi connectivity index (χ4v) is 3.96. The molecule has 1 fully saturated rings. The van der Waals surface area contributed by atoms with E-state index in [2.05, 4.69) is 69.9 Å². The summed E-state index contributed by atoms with van der Waals surface area (Å²) in [4.78, 5) is 2.66. The zero-order chi connectivity index (χ0) is 15.0. The molecule has 112 valence electrons. The molecule has 0 saturated carbocycles. The first-order chi connectivity index (χ1) is 9.22. The molecule has 2 heteroatoms. The maximum atomic E-state index is 6.19. The van der Waals surface area contributed by atoms with Gasteiger partial charge in [-0.05, 0) is 58.9 Å². The zero-order valence-corrected chi connectivity index (χ0v) is 13.7. The molecule has 0 radical (unpaired) electrons. The summed E-state index contributed by atoms with van der Waals surface area (Å²) in [5.74, 6) is 0.618. The van der Waals surface area contributed by atoms with Gasteiger partial charge in [0.2, 0.25) is 0 Å². The van der Waals surface area contributed by atoms with Crippen LogP contribution in [0.4, 0.5) is 0 Å². The Morgan fingerprint density at radius 1 is 1.10 bits per heavy atom. The van der Waals surface area contributed by atoms with Crippen molar-refractivity contribution >= 4 is 0 Å². The summed E-state index contributed by atoms with van der Waals surface area (Å²) in [5.41, 5.74) is 7.97. The molecule has 1 aliphatic rings. The van der Waals surface area contributed by atoms with E-state index in [1.807, 2.05) is 0 Å². The molecule has 1 saturated heterocycles. The van der Waals surface area contributed by atoms with Crippen molar-refractivity contribution in [1.29, 1.82) is 0 Å². The van der Waals surface area contributed by atoms with Gasteiger partial charge in [0.25, 0.3) is 0 Å². The molecule has 1 aliphatic heterocycles. The SMILES string of the molecule is CC(N)C1CC(C)(C)N(Cc2ccccc2)C(C)(C)C1. The minimum atomic E-state index is 0.190. The largest absolute Gasteiger partial charge is 0.328 e. The molecule has 1 unspecified atom stereocenters. The van der Waals surface area contributed by atoms with Crippen LogP contribution in [0.3, 0.4) is 0 Å². The lowest BCUT2D eigenvalue weighted by atomic mass is 9.71. The maximum Gasteiger partial charge on any atom is 0.0244 e. The first kappa shape index (κ1) is 15.5. The normalized spacial score (nSPS) is 24.5. The number of hydrogen-bond donors (Lipinski definition) is 1. The van der Waals surface area contributed by atoms with Crippen molar-refractivity contribution in [2.24, 2.45) is 11.7 Å². The Morgan fingerprint density at radius 3 is 2.05 bits per heavy atom. The third-order valence-electron chi connectivity index (χ3n) is 4.91. The van der Waals surface area contributed by atoms with E-state index in [4.69, 9.17) is 5.73 Å². The lowest BCUT2D eigenvalue weighted by Gasteiger charge is -2.56. The lowest BCUT2D eigenvalue weighted by molar-refractivity contribution is -0.0618. The number of rotatable bonds is 3. The van der Waals surface area contributed by atoms with Gasteiger partial charge in [0, 0.05) is 23.7 Å². The van der Waals surface area contributed by atoms with Crippen molar-refractivity contribution in [2.75, 3.05) is 0 Å². The van der Waals surface area contributed by atoms with E-state index in [0.29, 0.717) is 5.92 Å². The van der Waals surface area contributed by atoms with E-state index in [1.165, 1.54) is 18.4 Å². The molecule has 1 aromatic rings. The van der Waals surface area contributed by atoms with Gasteiger partial charge in [0.05, 0.1) is 0 Å². The molecule has 20 heavy (non-hydrogen) atoms. The van der Waals surface area contributed by atoms with Gasteiger partial charge in [-0.2, -0.15) is 0 Å². The molecule has 2 nitrogen and oxygen atoms in total. The average Bonchev–Trinajstić information content (AvgIpc) is 2.34. The average molecular weight is 274 g/mol. The standard InChI is InChI=1S/C18H30N2/c1-14(19)16-11-17(2,3)20(18(4,5)12-16)13-15-9-7-6-8-10-15/h6-10,14,16H,11-13,19H2,1-5H3. The number of nitrogens with zero attached hydrogens (tertiary/aromatic N) is 1. The Labute approximate surface area is 124 Å². The predicted molar refractivity (Wildman–Crippen MR) is 86.5 cm³/mol. The highest BCUT2D eigenvalue weighted by molar-refractivity contribution is 5.16. The number of hydrogen-bond acceptors (Lipinski definition) is 2. The van der Waals surface area contributed by atoms with Crippen molar-refractivity contribution in [2.45, 2.75) is 71.1 Å². The molecular formula is C18H30N2. The number of piperidine rings is 1. The molecule has 0 bridgehead atoms. The topological polar surface area (TPSA) is 29.3 Å². The highest BCUT2D eigenvalue weighted by Gasteiger charge is 2.45. The van der Waals surface area contributed by atoms with E-state index in [0.717, 1.165) is 6.54 Å². The summed E-state index contributed by atoms with van der Waals surface area (Å²) in [6, 6.07) is 11.1. The second-order valence-corrected chi connectivity index (χ2v) is 7.72. The molecule has 2 rings (SSSR count). The van der Waals surface area contributed by atoms with Crippen molar-refractivity contribution in [1.82, 2.24) is 4.90 Å². The fourth-order valence-electron chi connectivity index (χ4n) is 3.96. The summed E-state index contributed by atoms with van der Waals surface area (Å²) in [5, 5.41) is 0. The second-order valence-electron chi connectivity index (χ2n) is 7.72. The monoisotopic (exact) mass is 274 g/mol. The van der Waals surface area contributed by atoms with Gasteiger partial charge in [-0.1, -0.05) is 30.3 Å². The predicted octanol–water partition coefficient (Wildman–Crippen LogP) is 3.80. The van der Waals surface area contributed by atoms with Gasteiger partial charge in [-0.25, -0.2) is 0 Å². The Bertz CT molecular complexity index is 416. The van der Waals surface area contributed by atoms with E-state index in [-0.39, 0.29) is 17.1 Å². The van der Waals surface area contributed by atoms with E-state index in [1.54, 1.807) is 0 Å². The summed E-state index contributed by atoms with van der Waals surface area (Å²) in [7, 11) is 0. The van der Waals surface area contributed by atoms with E-state index < -0.39 is 0 Å². The van der Waals surface area contributed by atoms with Crippen LogP contribution in [0, 0.1) is 5.92 Å². The molecule has 0 aliphatic carbocycles. The van der Waals surface area contributed by atoms with Crippen molar-refractivity contribution in [3.63, 3.8) is 0 Å². The summed E-state index contributed by atoms with van der Waals surface area (Å²) in [6.07, 6.45) is 2.36. The van der Waals surface area contributed by atoms with E-state index in [9.17, 15) is 0 Å². The fraction of sp³-hybridized carbons (Fsp3) is 0.667. The van der Waals surface area contributed by atoms with Gasteiger partial charge in [-0.15, -0.1) is 0 Å². The number of benzene rings is 1. The summed E-state index contributed by atoms with van der Waals surface area (Å²) in [6.45, 7) is 12.6. The quantitative estimate of drug-likeness (QED) is 0.908. The van der Waals surface area contributed by atoms with Gasteiger partial charge in [0.1, 0.15) is 0 Å². The van der Waals surface area contributed by atoms with Crippen LogP contribution in [0.15, 0.2) is 30.3 Å². The number of nitrogens with two attached hydrogens (primary N) is 1. The van der Waals surface area contributed by atoms with Gasteiger partial charge < -0.3 is 5.73 Å². The van der Waals surface area contributed by atoms with Gasteiger partial charge in [0.15, 0.2) is 0 Å². The highest BCUT2D eigenvalue weighted by Crippen LogP contribution is 2.43. The Balaban J connectivity index is 2.23. The molecule has 2 N–H and O–H groups in total. The van der Waals surface area contributed by atoms with Crippen molar-refractivity contribution in [3.8, 4) is 0 Å². The Hall–Kier alpha value is -0.860. The van der Waals surface area contributed by atoms with Crippen LogP contribution in [0.5, 0.6) is 0 Å². The van der Waals surface area contributed by atoms with Crippen molar-refractivity contribution in [3.05, 3.63) is 35.9 Å². The van der Waals surface area contributed by atoms with Crippen LogP contribution in [0.25, 0.3) is 0 Å². The Morgan fingerprint density at radius 2 is 1.60 bits per heavy atom. The molecule has 1 heterocycles. The highest BCUT2D eigenvalue weighted by atomic mass is 15.3. The van der Waals surface area contributed by atoms with Crippen LogP contribution in [-0.2, 0) is 6.54 Å². The van der Waals surface area contributed by atoms with Crippen LogP contribution < -0.4 is 5.73 Å². The minimum absolute atomic E-state index is 0.190. The zero-order valence-electron chi connectivity index (χ0n) is 13.7. The second kappa shape index (κ2) is 5.50. The van der Waals surface area contributed by atoms with E-state index >= 15 is 0 Å². The molecule has 0 aromatic heterocycles. The van der Waals surface area contributed by atoms with Gasteiger partial charge >= 0.3 is 0 Å². The molecule has 1 aromatic carbocycles. The Kier molecular flexibility index (Phi) is 4.27. The van der Waals surface area contributed by atoms with Crippen LogP contribution in [0.1, 0.15) is 53.0 Å². The first-order valence-corrected chi connectivity index (χ1v) is 7.80.